The molecule has 10 heteroatoms. The van der Waals surface area contributed by atoms with Crippen LogP contribution < -0.4 is 9.47 Å². The number of aromatic amines is 1. The molecule has 1 N–H and O–H groups in total. The summed E-state index contributed by atoms with van der Waals surface area (Å²) in [6.07, 6.45) is 0.404. The Morgan fingerprint density at radius 3 is 2.46 bits per heavy atom. The lowest BCUT2D eigenvalue weighted by Gasteiger charge is -2.16. The van der Waals surface area contributed by atoms with E-state index in [-0.39, 0.29) is 17.5 Å². The summed E-state index contributed by atoms with van der Waals surface area (Å²) in [6.45, 7) is 2.00. The number of hydrogen-bond donors (Lipinski definition) is 1. The predicted molar refractivity (Wildman–Crippen MR) is 130 cm³/mol. The molecule has 0 saturated heterocycles. The summed E-state index contributed by atoms with van der Waals surface area (Å²) < 4.78 is 59.1. The lowest BCUT2D eigenvalue weighted by atomic mass is 10.1. The van der Waals surface area contributed by atoms with Crippen LogP contribution in [0.3, 0.4) is 0 Å². The molecule has 1 unspecified atom stereocenters. The van der Waals surface area contributed by atoms with Crippen molar-refractivity contribution >= 4 is 15.7 Å². The van der Waals surface area contributed by atoms with Gasteiger partial charge in [-0.25, -0.2) is 17.8 Å². The molecular formula is C25H27FN2O6S. The van der Waals surface area contributed by atoms with Crippen molar-refractivity contribution in [2.45, 2.75) is 24.0 Å². The highest BCUT2D eigenvalue weighted by Gasteiger charge is 2.22. The van der Waals surface area contributed by atoms with Crippen molar-refractivity contribution < 1.29 is 31.8 Å². The Labute approximate surface area is 203 Å². The van der Waals surface area contributed by atoms with E-state index in [4.69, 9.17) is 18.9 Å². The second kappa shape index (κ2) is 10.5. The van der Waals surface area contributed by atoms with Crippen LogP contribution >= 0.6 is 0 Å². The van der Waals surface area contributed by atoms with Crippen LogP contribution in [0.2, 0.25) is 0 Å². The van der Waals surface area contributed by atoms with Crippen molar-refractivity contribution in [3.8, 4) is 28.5 Å². The van der Waals surface area contributed by atoms with Crippen LogP contribution in [0.5, 0.6) is 17.2 Å². The zero-order chi connectivity index (χ0) is 25.0. The summed E-state index contributed by atoms with van der Waals surface area (Å²) in [5.41, 5.74) is 2.19. The number of alkyl halides is 1. The number of sulfone groups is 1. The Bertz CT molecular complexity index is 1300. The molecule has 2 heterocycles. The number of rotatable bonds is 10. The number of nitrogens with zero attached hydrogens (tertiary/aromatic N) is 1. The highest BCUT2D eigenvalue weighted by molar-refractivity contribution is 7.90. The number of H-pyrrole nitrogens is 1. The molecule has 0 saturated carbocycles. The molecule has 8 nitrogen and oxygen atoms in total. The quantitative estimate of drug-likeness (QED) is 0.441. The first-order valence-electron chi connectivity index (χ1n) is 11.0. The minimum absolute atomic E-state index is 0.199. The summed E-state index contributed by atoms with van der Waals surface area (Å²) in [5.74, 6) is 1.92. The number of hydrogen-bond acceptors (Lipinski definition) is 7. The van der Waals surface area contributed by atoms with Gasteiger partial charge >= 0.3 is 0 Å². The third-order valence-electron chi connectivity index (χ3n) is 5.22. The van der Waals surface area contributed by atoms with E-state index in [1.807, 2.05) is 31.2 Å². The maximum Gasteiger partial charge on any atom is 0.233 e. The Balaban J connectivity index is 1.62. The monoisotopic (exact) mass is 502 g/mol. The van der Waals surface area contributed by atoms with E-state index in [0.29, 0.717) is 35.4 Å². The van der Waals surface area contributed by atoms with Crippen molar-refractivity contribution in [2.24, 2.45) is 4.99 Å². The molecule has 186 valence electrons. The van der Waals surface area contributed by atoms with E-state index in [0.717, 1.165) is 17.5 Å². The predicted octanol–water partition coefficient (Wildman–Crippen LogP) is 4.41. The maximum atomic E-state index is 12.9. The van der Waals surface area contributed by atoms with Gasteiger partial charge in [0.1, 0.15) is 41.8 Å². The number of aliphatic imine (C=N–C) groups is 1. The van der Waals surface area contributed by atoms with E-state index in [9.17, 15) is 12.8 Å². The topological polar surface area (TPSA) is 99.2 Å². The molecule has 4 rings (SSSR count). The van der Waals surface area contributed by atoms with Gasteiger partial charge in [0, 0.05) is 30.7 Å². The third-order valence-corrected chi connectivity index (χ3v) is 6.35. The summed E-state index contributed by atoms with van der Waals surface area (Å²) in [7, 11) is -1.70. The highest BCUT2D eigenvalue weighted by atomic mass is 32.2. The molecule has 0 radical (unpaired) electrons. The summed E-state index contributed by atoms with van der Waals surface area (Å²) in [5, 5.41) is 0. The van der Waals surface area contributed by atoms with E-state index in [2.05, 4.69) is 9.98 Å². The Morgan fingerprint density at radius 1 is 1.09 bits per heavy atom. The molecule has 1 aliphatic rings. The maximum absolute atomic E-state index is 12.9. The molecule has 0 amide bonds. The van der Waals surface area contributed by atoms with Gasteiger partial charge in [0.15, 0.2) is 9.84 Å². The van der Waals surface area contributed by atoms with E-state index in [1.54, 1.807) is 25.3 Å². The Morgan fingerprint density at radius 2 is 1.80 bits per heavy atom. The highest BCUT2D eigenvalue weighted by Crippen LogP contribution is 2.33. The molecule has 1 aromatic heterocycles. The first-order valence-corrected chi connectivity index (χ1v) is 12.9. The average molecular weight is 503 g/mol. The zero-order valence-electron chi connectivity index (χ0n) is 19.7. The van der Waals surface area contributed by atoms with Gasteiger partial charge in [0.05, 0.1) is 18.0 Å². The standard InChI is InChI=1S/C25H27FN2O6S/c1-16(15-31-2)32-19-10-17(23-8-9-24(28-23)25-27-14-21(13-26)34-25)11-20(12-19)33-18-4-6-22(7-5-18)35(3,29)30/h4-12,16,21,28H,13-15H2,1-3H3/t16-,21?/m0/s1. The number of halogens is 1. The number of ether oxygens (including phenoxy) is 4. The van der Waals surface area contributed by atoms with Gasteiger partial charge in [-0.1, -0.05) is 0 Å². The second-order valence-electron chi connectivity index (χ2n) is 8.25. The minimum Gasteiger partial charge on any atom is -0.488 e. The lowest BCUT2D eigenvalue weighted by Crippen LogP contribution is -2.17. The van der Waals surface area contributed by atoms with Crippen LogP contribution in [0, 0.1) is 0 Å². The first kappa shape index (κ1) is 24.7. The van der Waals surface area contributed by atoms with E-state index >= 15 is 0 Å². The molecule has 3 aromatic rings. The molecule has 0 aliphatic carbocycles. The van der Waals surface area contributed by atoms with Gasteiger partial charge in [-0.2, -0.15) is 0 Å². The molecule has 35 heavy (non-hydrogen) atoms. The average Bonchev–Trinajstić information content (AvgIpc) is 3.48. The number of benzene rings is 2. The fourth-order valence-electron chi connectivity index (χ4n) is 3.58. The normalized spacial score (nSPS) is 16.5. The van der Waals surface area contributed by atoms with E-state index < -0.39 is 22.6 Å². The zero-order valence-corrected chi connectivity index (χ0v) is 20.5. The van der Waals surface area contributed by atoms with Crippen LogP contribution in [0.25, 0.3) is 11.3 Å². The third kappa shape index (κ3) is 6.20. The van der Waals surface area contributed by atoms with Gasteiger partial charge in [-0.05, 0) is 55.5 Å². The van der Waals surface area contributed by atoms with E-state index in [1.165, 1.54) is 12.1 Å². The molecular weight excluding hydrogens is 475 g/mol. The SMILES string of the molecule is COC[C@H](C)Oc1cc(Oc2ccc(S(C)(=O)=O)cc2)cc(-c2ccc(C3=NCC(CF)O3)[nH]2)c1. The summed E-state index contributed by atoms with van der Waals surface area (Å²) in [4.78, 5) is 7.72. The second-order valence-corrected chi connectivity index (χ2v) is 10.3. The molecule has 0 bridgehead atoms. The van der Waals surface area contributed by atoms with Crippen molar-refractivity contribution in [3.63, 3.8) is 0 Å². The van der Waals surface area contributed by atoms with Crippen LogP contribution in [-0.4, -0.2) is 64.7 Å². The first-order chi connectivity index (χ1) is 16.7. The van der Waals surface area contributed by atoms with Gasteiger partial charge in [-0.3, -0.25) is 0 Å². The molecule has 0 fully saturated rings. The molecule has 2 atom stereocenters. The number of nitrogens with one attached hydrogen (secondary N) is 1. The number of aromatic nitrogens is 1. The summed E-state index contributed by atoms with van der Waals surface area (Å²) in [6, 6.07) is 15.3. The summed E-state index contributed by atoms with van der Waals surface area (Å²) >= 11 is 0. The van der Waals surface area contributed by atoms with Crippen molar-refractivity contribution in [1.29, 1.82) is 0 Å². The van der Waals surface area contributed by atoms with Gasteiger partial charge in [0.2, 0.25) is 5.90 Å². The van der Waals surface area contributed by atoms with Crippen LogP contribution in [0.4, 0.5) is 4.39 Å². The smallest absolute Gasteiger partial charge is 0.233 e. The van der Waals surface area contributed by atoms with Gasteiger partial charge in [0.25, 0.3) is 0 Å². The van der Waals surface area contributed by atoms with Crippen LogP contribution in [0.15, 0.2) is 64.5 Å². The fourth-order valence-corrected chi connectivity index (χ4v) is 4.21. The van der Waals surface area contributed by atoms with Crippen molar-refractivity contribution in [2.75, 3.05) is 33.2 Å². The van der Waals surface area contributed by atoms with Crippen LogP contribution in [0.1, 0.15) is 12.6 Å². The molecule has 0 spiro atoms. The van der Waals surface area contributed by atoms with Crippen LogP contribution in [-0.2, 0) is 19.3 Å². The fraction of sp³-hybridized carbons (Fsp3) is 0.320. The van der Waals surface area contributed by atoms with Crippen molar-refractivity contribution in [3.05, 3.63) is 60.3 Å². The van der Waals surface area contributed by atoms with Gasteiger partial charge < -0.3 is 23.9 Å². The lowest BCUT2D eigenvalue weighted by molar-refractivity contribution is 0.0920. The Hall–Kier alpha value is -3.37. The minimum atomic E-state index is -3.30. The van der Waals surface area contributed by atoms with Gasteiger partial charge in [-0.15, -0.1) is 0 Å². The number of methoxy groups -OCH3 is 1. The molecule has 1 aliphatic heterocycles. The largest absolute Gasteiger partial charge is 0.488 e. The Kier molecular flexibility index (Phi) is 7.42. The van der Waals surface area contributed by atoms with Crippen molar-refractivity contribution in [1.82, 2.24) is 4.98 Å². The molecule has 2 aromatic carbocycles.